The molecule has 0 aliphatic carbocycles. The lowest BCUT2D eigenvalue weighted by molar-refractivity contribution is -0.286. The minimum Gasteiger partial charge on any atom is -0.395 e. The molecule has 0 saturated carbocycles. The molecule has 20 heavy (non-hydrogen) atoms. The van der Waals surface area contributed by atoms with Gasteiger partial charge in [-0.3, -0.25) is 0 Å². The number of rotatable bonds is 3. The van der Waals surface area contributed by atoms with Gasteiger partial charge in [-0.1, -0.05) is 0 Å². The molecule has 3 rings (SSSR count). The topological polar surface area (TPSA) is 82.5 Å². The van der Waals surface area contributed by atoms with Crippen molar-refractivity contribution in [3.8, 4) is 17.2 Å². The van der Waals surface area contributed by atoms with Crippen LogP contribution in [0.15, 0.2) is 30.7 Å². The van der Waals surface area contributed by atoms with Gasteiger partial charge in [0.25, 0.3) is 0 Å². The molecule has 6 nitrogen and oxygen atoms in total. The first-order chi connectivity index (χ1) is 9.50. The minimum atomic E-state index is -3.65. The second-order valence-electron chi connectivity index (χ2n) is 4.28. The molecule has 0 radical (unpaired) electrons. The summed E-state index contributed by atoms with van der Waals surface area (Å²) in [6.45, 7) is -0.256. The van der Waals surface area contributed by atoms with Gasteiger partial charge in [0.2, 0.25) is 0 Å². The summed E-state index contributed by atoms with van der Waals surface area (Å²) in [5, 5.41) is 9.09. The maximum atomic E-state index is 13.0. The lowest BCUT2D eigenvalue weighted by Gasteiger charge is -2.12. The van der Waals surface area contributed by atoms with Crippen molar-refractivity contribution >= 4 is 0 Å². The molecule has 2 heterocycles. The fourth-order valence-corrected chi connectivity index (χ4v) is 1.98. The van der Waals surface area contributed by atoms with E-state index in [-0.39, 0.29) is 18.1 Å². The summed E-state index contributed by atoms with van der Waals surface area (Å²) in [6, 6.07) is 3.72. The first-order valence-corrected chi connectivity index (χ1v) is 5.79. The van der Waals surface area contributed by atoms with E-state index in [0.29, 0.717) is 11.4 Å². The third-order valence-corrected chi connectivity index (χ3v) is 2.91. The van der Waals surface area contributed by atoms with Gasteiger partial charge in [-0.05, 0) is 12.1 Å². The summed E-state index contributed by atoms with van der Waals surface area (Å²) in [6.07, 6.45) is -0.680. The first-order valence-electron chi connectivity index (χ1n) is 5.79. The molecule has 3 N–H and O–H groups in total. The van der Waals surface area contributed by atoms with Gasteiger partial charge in [-0.2, -0.15) is 0 Å². The number of nitrogens with two attached hydrogens (primary N) is 1. The number of imidazole rings is 1. The molecule has 1 aliphatic rings. The van der Waals surface area contributed by atoms with Crippen LogP contribution in [-0.2, 0) is 0 Å². The standard InChI is InChI=1S/C12H11F2N3O3/c13-12(14)19-10-2-1-7(3-11(10)20-12)17-6-16-4-9(17)8(15)5-18/h1-4,6,8,18H,5,15H2. The third-order valence-electron chi connectivity index (χ3n) is 2.91. The van der Waals surface area contributed by atoms with Crippen molar-refractivity contribution in [1.29, 1.82) is 0 Å². The molecule has 0 saturated heterocycles. The van der Waals surface area contributed by atoms with Crippen molar-refractivity contribution in [3.63, 3.8) is 0 Å². The Morgan fingerprint density at radius 3 is 2.85 bits per heavy atom. The summed E-state index contributed by atoms with van der Waals surface area (Å²) in [5.74, 6) is -0.100. The van der Waals surface area contributed by atoms with E-state index in [0.717, 1.165) is 0 Å². The van der Waals surface area contributed by atoms with Crippen molar-refractivity contribution in [2.75, 3.05) is 6.61 Å². The molecule has 0 spiro atoms. The first kappa shape index (κ1) is 12.8. The quantitative estimate of drug-likeness (QED) is 0.884. The number of aliphatic hydroxyl groups excluding tert-OH is 1. The van der Waals surface area contributed by atoms with Crippen LogP contribution in [0.2, 0.25) is 0 Å². The van der Waals surface area contributed by atoms with Gasteiger partial charge in [0, 0.05) is 6.07 Å². The number of halogens is 2. The van der Waals surface area contributed by atoms with E-state index in [4.69, 9.17) is 10.8 Å². The normalized spacial score (nSPS) is 17.2. The zero-order valence-corrected chi connectivity index (χ0v) is 10.2. The monoisotopic (exact) mass is 283 g/mol. The maximum absolute atomic E-state index is 13.0. The van der Waals surface area contributed by atoms with Crippen LogP contribution in [0.3, 0.4) is 0 Å². The van der Waals surface area contributed by atoms with E-state index in [1.807, 2.05) is 0 Å². The van der Waals surface area contributed by atoms with Crippen molar-refractivity contribution in [1.82, 2.24) is 9.55 Å². The van der Waals surface area contributed by atoms with Crippen LogP contribution in [0.4, 0.5) is 8.78 Å². The molecule has 1 aromatic carbocycles. The number of hydrogen-bond acceptors (Lipinski definition) is 5. The Balaban J connectivity index is 2.00. The van der Waals surface area contributed by atoms with Crippen LogP contribution in [0.1, 0.15) is 11.7 Å². The largest absolute Gasteiger partial charge is 0.586 e. The molecule has 0 fully saturated rings. The number of alkyl halides is 2. The van der Waals surface area contributed by atoms with Gasteiger partial charge < -0.3 is 24.9 Å². The number of hydrogen-bond donors (Lipinski definition) is 2. The summed E-state index contributed by atoms with van der Waals surface area (Å²) in [5.41, 5.74) is 6.83. The summed E-state index contributed by atoms with van der Waals surface area (Å²) >= 11 is 0. The highest BCUT2D eigenvalue weighted by Crippen LogP contribution is 2.41. The summed E-state index contributed by atoms with van der Waals surface area (Å²) < 4.78 is 36.2. The molecule has 2 aromatic rings. The van der Waals surface area contributed by atoms with E-state index in [2.05, 4.69) is 14.5 Å². The zero-order valence-electron chi connectivity index (χ0n) is 10.2. The number of benzene rings is 1. The third kappa shape index (κ3) is 2.08. The second kappa shape index (κ2) is 4.43. The number of aromatic nitrogens is 2. The van der Waals surface area contributed by atoms with E-state index >= 15 is 0 Å². The summed E-state index contributed by atoms with van der Waals surface area (Å²) in [7, 11) is 0. The van der Waals surface area contributed by atoms with Crippen LogP contribution in [0.5, 0.6) is 11.5 Å². The number of fused-ring (bicyclic) bond motifs is 1. The number of nitrogens with zero attached hydrogens (tertiary/aromatic N) is 2. The average Bonchev–Trinajstić information content (AvgIpc) is 2.98. The fraction of sp³-hybridized carbons (Fsp3) is 0.250. The Morgan fingerprint density at radius 2 is 2.10 bits per heavy atom. The van der Waals surface area contributed by atoms with Gasteiger partial charge >= 0.3 is 6.29 Å². The van der Waals surface area contributed by atoms with Gasteiger partial charge in [0.05, 0.1) is 36.6 Å². The van der Waals surface area contributed by atoms with Gasteiger partial charge in [0.15, 0.2) is 11.5 Å². The molecule has 106 valence electrons. The Bertz CT molecular complexity index is 645. The van der Waals surface area contributed by atoms with Crippen LogP contribution in [0.25, 0.3) is 5.69 Å². The highest BCUT2D eigenvalue weighted by molar-refractivity contribution is 5.51. The van der Waals surface area contributed by atoms with Gasteiger partial charge in [-0.15, -0.1) is 8.78 Å². The SMILES string of the molecule is NC(CO)c1cncn1-c1ccc2c(c1)OC(F)(F)O2. The van der Waals surface area contributed by atoms with E-state index in [1.165, 1.54) is 24.7 Å². The van der Waals surface area contributed by atoms with Crippen LogP contribution in [-0.4, -0.2) is 27.6 Å². The van der Waals surface area contributed by atoms with E-state index < -0.39 is 12.3 Å². The average molecular weight is 283 g/mol. The molecule has 0 bridgehead atoms. The lowest BCUT2D eigenvalue weighted by Crippen LogP contribution is -2.25. The zero-order chi connectivity index (χ0) is 14.3. The highest BCUT2D eigenvalue weighted by Gasteiger charge is 2.43. The minimum absolute atomic E-state index is 0.0353. The Morgan fingerprint density at radius 1 is 1.35 bits per heavy atom. The Kier molecular flexibility index (Phi) is 2.84. The predicted molar refractivity (Wildman–Crippen MR) is 63.8 cm³/mol. The fourth-order valence-electron chi connectivity index (χ4n) is 1.98. The molecule has 1 aromatic heterocycles. The maximum Gasteiger partial charge on any atom is 0.586 e. The van der Waals surface area contributed by atoms with Crippen LogP contribution >= 0.6 is 0 Å². The Labute approximate surface area is 112 Å². The van der Waals surface area contributed by atoms with Crippen molar-refractivity contribution in [3.05, 3.63) is 36.4 Å². The van der Waals surface area contributed by atoms with Gasteiger partial charge in [-0.25, -0.2) is 4.98 Å². The van der Waals surface area contributed by atoms with E-state index in [1.54, 1.807) is 10.6 Å². The van der Waals surface area contributed by atoms with Crippen molar-refractivity contribution in [2.45, 2.75) is 12.3 Å². The molecule has 1 atom stereocenters. The van der Waals surface area contributed by atoms with Crippen molar-refractivity contribution in [2.24, 2.45) is 5.73 Å². The lowest BCUT2D eigenvalue weighted by atomic mass is 10.2. The molecule has 0 amide bonds. The second-order valence-corrected chi connectivity index (χ2v) is 4.28. The smallest absolute Gasteiger partial charge is 0.395 e. The van der Waals surface area contributed by atoms with Gasteiger partial charge in [0.1, 0.15) is 0 Å². The molecule has 8 heteroatoms. The number of ether oxygens (including phenoxy) is 2. The summed E-state index contributed by atoms with van der Waals surface area (Å²) in [4.78, 5) is 3.94. The molecular weight excluding hydrogens is 272 g/mol. The Hall–Kier alpha value is -2.19. The molecule has 1 unspecified atom stereocenters. The number of aliphatic hydroxyl groups is 1. The molecule has 1 aliphatic heterocycles. The molecular formula is C12H11F2N3O3. The van der Waals surface area contributed by atoms with Crippen LogP contribution in [0, 0.1) is 0 Å². The van der Waals surface area contributed by atoms with Crippen molar-refractivity contribution < 1.29 is 23.4 Å². The van der Waals surface area contributed by atoms with Crippen LogP contribution < -0.4 is 15.2 Å². The van der Waals surface area contributed by atoms with E-state index in [9.17, 15) is 8.78 Å². The predicted octanol–water partition coefficient (Wildman–Crippen LogP) is 1.19. The highest BCUT2D eigenvalue weighted by atomic mass is 19.3.